The van der Waals surface area contributed by atoms with Gasteiger partial charge in [0.05, 0.1) is 0 Å². The molecule has 2 rings (SSSR count). The zero-order valence-electron chi connectivity index (χ0n) is 15.0. The van der Waals surface area contributed by atoms with Crippen molar-refractivity contribution in [2.75, 3.05) is 0 Å². The van der Waals surface area contributed by atoms with E-state index in [4.69, 9.17) is 9.84 Å². The predicted molar refractivity (Wildman–Crippen MR) is 101 cm³/mol. The average Bonchev–Trinajstić information content (AvgIpc) is 2.63. The lowest BCUT2D eigenvalue weighted by molar-refractivity contribution is 0.0473. The fourth-order valence-corrected chi connectivity index (χ4v) is 3.16. The van der Waals surface area contributed by atoms with Gasteiger partial charge in [-0.15, -0.1) is 0 Å². The Bertz CT molecular complexity index is 637. The van der Waals surface area contributed by atoms with Gasteiger partial charge in [0, 0.05) is 0 Å². The summed E-state index contributed by atoms with van der Waals surface area (Å²) >= 11 is 0. The Morgan fingerprint density at radius 3 is 2.40 bits per heavy atom. The van der Waals surface area contributed by atoms with Crippen LogP contribution in [0.25, 0.3) is 0 Å². The summed E-state index contributed by atoms with van der Waals surface area (Å²) in [7, 11) is 0. The number of benzene rings is 2. The molecule has 1 unspecified atom stereocenters. The van der Waals surface area contributed by atoms with Crippen LogP contribution in [-0.2, 0) is 17.6 Å². The van der Waals surface area contributed by atoms with E-state index in [0.29, 0.717) is 6.42 Å². The Morgan fingerprint density at radius 2 is 1.68 bits per heavy atom. The molecule has 0 amide bonds. The van der Waals surface area contributed by atoms with Crippen LogP contribution in [0.3, 0.4) is 0 Å². The topological polar surface area (TPSA) is 46.5 Å². The second kappa shape index (κ2) is 10.5. The number of ether oxygens (including phenoxy) is 1. The van der Waals surface area contributed by atoms with Crippen LogP contribution >= 0.6 is 0 Å². The minimum absolute atomic E-state index is 0.417. The molecule has 0 radical (unpaired) electrons. The third-order valence-electron chi connectivity index (χ3n) is 4.48. The first-order chi connectivity index (χ1) is 12.2. The maximum Gasteiger partial charge on any atom is 0.506 e. The molecule has 1 atom stereocenters. The molecule has 0 aromatic heterocycles. The molecule has 134 valence electrons. The lowest BCUT2D eigenvalue weighted by atomic mass is 9.94. The van der Waals surface area contributed by atoms with Crippen LogP contribution in [0, 0.1) is 0 Å². The van der Waals surface area contributed by atoms with E-state index in [1.54, 1.807) is 0 Å². The van der Waals surface area contributed by atoms with Crippen molar-refractivity contribution in [2.24, 2.45) is 0 Å². The molecule has 0 saturated heterocycles. The van der Waals surface area contributed by atoms with E-state index < -0.39 is 12.3 Å². The van der Waals surface area contributed by atoms with Crippen LogP contribution in [0.5, 0.6) is 0 Å². The van der Waals surface area contributed by atoms with Gasteiger partial charge in [-0.05, 0) is 42.4 Å². The van der Waals surface area contributed by atoms with E-state index in [0.717, 1.165) is 24.8 Å². The molecule has 3 nitrogen and oxygen atoms in total. The van der Waals surface area contributed by atoms with Crippen LogP contribution in [0.4, 0.5) is 4.79 Å². The van der Waals surface area contributed by atoms with E-state index >= 15 is 0 Å². The maximum absolute atomic E-state index is 11.2. The second-order valence-corrected chi connectivity index (χ2v) is 6.41. The highest BCUT2D eigenvalue weighted by Gasteiger charge is 2.19. The third kappa shape index (κ3) is 6.61. The van der Waals surface area contributed by atoms with E-state index in [-0.39, 0.29) is 0 Å². The molecule has 0 fully saturated rings. The highest BCUT2D eigenvalue weighted by atomic mass is 16.7. The number of carboxylic acid groups (broad SMARTS) is 1. The molecule has 2 aromatic carbocycles. The van der Waals surface area contributed by atoms with Crippen LogP contribution < -0.4 is 0 Å². The Morgan fingerprint density at radius 1 is 0.960 bits per heavy atom. The molecule has 3 heteroatoms. The largest absolute Gasteiger partial charge is 0.506 e. The standard InChI is InChI=1S/C22H28O3/c1-2-3-4-8-13-19-14-9-10-15-20(19)21(25-22(23)24)17-16-18-11-6-5-7-12-18/h5-7,9-12,14-15,21H,2-4,8,13,16-17H2,1H3,(H,23,24). The first-order valence-corrected chi connectivity index (χ1v) is 9.22. The SMILES string of the molecule is CCCCCCc1ccccc1C(CCc1ccccc1)OC(=O)O. The summed E-state index contributed by atoms with van der Waals surface area (Å²) in [6, 6.07) is 18.2. The number of unbranched alkanes of at least 4 members (excludes halogenated alkanes) is 3. The van der Waals surface area contributed by atoms with Crippen LogP contribution in [0.2, 0.25) is 0 Å². The van der Waals surface area contributed by atoms with Gasteiger partial charge in [-0.1, -0.05) is 80.8 Å². The molecule has 0 bridgehead atoms. The number of hydrogen-bond donors (Lipinski definition) is 1. The fourth-order valence-electron chi connectivity index (χ4n) is 3.16. The van der Waals surface area contributed by atoms with Gasteiger partial charge in [0.2, 0.25) is 0 Å². The number of hydrogen-bond acceptors (Lipinski definition) is 2. The van der Waals surface area contributed by atoms with Crippen LogP contribution in [0.15, 0.2) is 54.6 Å². The quantitative estimate of drug-likeness (QED) is 0.415. The highest BCUT2D eigenvalue weighted by molar-refractivity contribution is 5.57. The zero-order valence-corrected chi connectivity index (χ0v) is 15.0. The summed E-state index contributed by atoms with van der Waals surface area (Å²) in [6.07, 6.45) is 5.59. The van der Waals surface area contributed by atoms with Crippen molar-refractivity contribution in [3.05, 3.63) is 71.3 Å². The predicted octanol–water partition coefficient (Wildman–Crippen LogP) is 6.18. The summed E-state index contributed by atoms with van der Waals surface area (Å²) in [5.74, 6) is 0. The average molecular weight is 340 g/mol. The summed E-state index contributed by atoms with van der Waals surface area (Å²) in [5.41, 5.74) is 3.41. The first-order valence-electron chi connectivity index (χ1n) is 9.22. The number of rotatable bonds is 10. The molecule has 0 aliphatic rings. The minimum atomic E-state index is -1.21. The number of carbonyl (C=O) groups is 1. The van der Waals surface area contributed by atoms with Gasteiger partial charge in [0.1, 0.15) is 6.10 Å². The molecule has 0 heterocycles. The molecule has 0 spiro atoms. The summed E-state index contributed by atoms with van der Waals surface area (Å²) in [4.78, 5) is 11.2. The van der Waals surface area contributed by atoms with Gasteiger partial charge >= 0.3 is 6.16 Å². The van der Waals surface area contributed by atoms with Crippen molar-refractivity contribution in [1.82, 2.24) is 0 Å². The smallest absolute Gasteiger partial charge is 0.450 e. The van der Waals surface area contributed by atoms with Crippen LogP contribution in [-0.4, -0.2) is 11.3 Å². The minimum Gasteiger partial charge on any atom is -0.450 e. The van der Waals surface area contributed by atoms with Crippen molar-refractivity contribution in [3.63, 3.8) is 0 Å². The highest BCUT2D eigenvalue weighted by Crippen LogP contribution is 2.28. The summed E-state index contributed by atoms with van der Waals surface area (Å²) in [5, 5.41) is 9.16. The van der Waals surface area contributed by atoms with Gasteiger partial charge < -0.3 is 9.84 Å². The van der Waals surface area contributed by atoms with Gasteiger partial charge in [-0.25, -0.2) is 4.79 Å². The molecule has 25 heavy (non-hydrogen) atoms. The Hall–Kier alpha value is -2.29. The lowest BCUT2D eigenvalue weighted by Gasteiger charge is -2.20. The Balaban J connectivity index is 2.09. The Kier molecular flexibility index (Phi) is 8.03. The zero-order chi connectivity index (χ0) is 17.9. The molecule has 0 aliphatic carbocycles. The molecule has 1 N–H and O–H groups in total. The molecule has 2 aromatic rings. The monoisotopic (exact) mass is 340 g/mol. The third-order valence-corrected chi connectivity index (χ3v) is 4.48. The van der Waals surface area contributed by atoms with E-state index in [9.17, 15) is 4.79 Å². The maximum atomic E-state index is 11.2. The van der Waals surface area contributed by atoms with E-state index in [2.05, 4.69) is 25.1 Å². The van der Waals surface area contributed by atoms with Crippen molar-refractivity contribution >= 4 is 6.16 Å². The Labute approximate surface area is 150 Å². The molecule has 0 aliphatic heterocycles. The number of aryl methyl sites for hydroxylation is 2. The van der Waals surface area contributed by atoms with Gasteiger partial charge in [-0.3, -0.25) is 0 Å². The fraction of sp³-hybridized carbons (Fsp3) is 0.409. The molecular formula is C22H28O3. The van der Waals surface area contributed by atoms with E-state index in [1.165, 1.54) is 30.4 Å². The van der Waals surface area contributed by atoms with Crippen molar-refractivity contribution in [2.45, 2.75) is 58.0 Å². The van der Waals surface area contributed by atoms with Gasteiger partial charge in [0.15, 0.2) is 0 Å². The summed E-state index contributed by atoms with van der Waals surface area (Å²) < 4.78 is 5.24. The van der Waals surface area contributed by atoms with Gasteiger partial charge in [0.25, 0.3) is 0 Å². The van der Waals surface area contributed by atoms with Crippen molar-refractivity contribution in [1.29, 1.82) is 0 Å². The van der Waals surface area contributed by atoms with E-state index in [1.807, 2.05) is 36.4 Å². The van der Waals surface area contributed by atoms with Crippen molar-refractivity contribution in [3.8, 4) is 0 Å². The normalized spacial score (nSPS) is 11.9. The lowest BCUT2D eigenvalue weighted by Crippen LogP contribution is -2.12. The molecule has 0 saturated carbocycles. The van der Waals surface area contributed by atoms with Gasteiger partial charge in [-0.2, -0.15) is 0 Å². The van der Waals surface area contributed by atoms with Crippen LogP contribution in [0.1, 0.15) is 61.8 Å². The summed E-state index contributed by atoms with van der Waals surface area (Å²) in [6.45, 7) is 2.20. The van der Waals surface area contributed by atoms with Crippen molar-refractivity contribution < 1.29 is 14.6 Å². The first kappa shape index (κ1) is 19.0. The molecular weight excluding hydrogens is 312 g/mol. The second-order valence-electron chi connectivity index (χ2n) is 6.41.